The van der Waals surface area contributed by atoms with E-state index in [4.69, 9.17) is 0 Å². The highest BCUT2D eigenvalue weighted by Gasteiger charge is 2.36. The normalized spacial score (nSPS) is 23.2. The molecule has 0 bridgehead atoms. The van der Waals surface area contributed by atoms with E-state index in [1.807, 2.05) is 0 Å². The minimum Gasteiger partial charge on any atom is -0.348 e. The predicted octanol–water partition coefficient (Wildman–Crippen LogP) is 1.02. The lowest BCUT2D eigenvalue weighted by molar-refractivity contribution is -0.134. The molecular weight excluding hydrogens is 340 g/mol. The Morgan fingerprint density at radius 1 is 1.20 bits per heavy atom. The number of carbonyl (C=O) groups is 1. The summed E-state index contributed by atoms with van der Waals surface area (Å²) < 4.78 is 27.3. The number of fused-ring (bicyclic) bond motifs is 1. The number of imidazole rings is 1. The van der Waals surface area contributed by atoms with Crippen molar-refractivity contribution in [3.8, 4) is 0 Å². The van der Waals surface area contributed by atoms with E-state index in [0.29, 0.717) is 31.0 Å². The van der Waals surface area contributed by atoms with Crippen molar-refractivity contribution in [1.29, 1.82) is 0 Å². The number of nitrogens with zero attached hydrogens (tertiary/aromatic N) is 2. The molecule has 132 valence electrons. The molecule has 4 rings (SSSR count). The van der Waals surface area contributed by atoms with Gasteiger partial charge >= 0.3 is 0 Å². The van der Waals surface area contributed by atoms with Crippen LogP contribution >= 0.6 is 0 Å². The van der Waals surface area contributed by atoms with Crippen molar-refractivity contribution in [3.05, 3.63) is 48.0 Å². The maximum Gasteiger partial charge on any atom is 0.241 e. The Kier molecular flexibility index (Phi) is 4.09. The van der Waals surface area contributed by atoms with Crippen LogP contribution in [-0.4, -0.2) is 48.3 Å². The number of benzene rings is 1. The number of piperidine rings is 1. The van der Waals surface area contributed by atoms with Crippen molar-refractivity contribution >= 4 is 15.9 Å². The van der Waals surface area contributed by atoms with Crippen molar-refractivity contribution in [1.82, 2.24) is 19.6 Å². The van der Waals surface area contributed by atoms with Gasteiger partial charge in [0.05, 0.1) is 4.90 Å². The zero-order valence-electron chi connectivity index (χ0n) is 13.7. The fourth-order valence-corrected chi connectivity index (χ4v) is 5.12. The number of amides is 1. The molecule has 2 N–H and O–H groups in total. The largest absolute Gasteiger partial charge is 0.348 e. The monoisotopic (exact) mass is 360 g/mol. The van der Waals surface area contributed by atoms with Gasteiger partial charge in [-0.1, -0.05) is 18.2 Å². The van der Waals surface area contributed by atoms with Crippen molar-refractivity contribution in [2.75, 3.05) is 13.1 Å². The molecule has 1 atom stereocenters. The molecule has 2 aliphatic rings. The number of sulfonamides is 1. The van der Waals surface area contributed by atoms with E-state index < -0.39 is 16.1 Å². The topological polar surface area (TPSA) is 95.2 Å². The van der Waals surface area contributed by atoms with Crippen molar-refractivity contribution in [3.63, 3.8) is 0 Å². The molecule has 1 aromatic carbocycles. The quantitative estimate of drug-likeness (QED) is 0.836. The summed E-state index contributed by atoms with van der Waals surface area (Å²) in [6.45, 7) is 1.23. The minimum atomic E-state index is -3.63. The molecule has 0 aliphatic carbocycles. The first-order chi connectivity index (χ1) is 12.0. The number of rotatable bonds is 2. The number of aromatic nitrogens is 2. The molecule has 1 aromatic heterocycles. The Hall–Kier alpha value is -2.19. The smallest absolute Gasteiger partial charge is 0.241 e. The van der Waals surface area contributed by atoms with Gasteiger partial charge in [-0.25, -0.2) is 13.4 Å². The Morgan fingerprint density at radius 2 is 1.96 bits per heavy atom. The Balaban J connectivity index is 1.46. The van der Waals surface area contributed by atoms with Crippen LogP contribution in [0, 0.1) is 0 Å². The van der Waals surface area contributed by atoms with Crippen LogP contribution in [0.1, 0.15) is 30.1 Å². The lowest BCUT2D eigenvalue weighted by atomic mass is 9.95. The minimum absolute atomic E-state index is 0.143. The standard InChI is InChI=1S/C17H20N4O3S/c22-17(21-9-5-12(6-10-21)16-18-7-8-19-16)14-11-13-3-1-2-4-15(13)25(23,24)20-14/h1-4,7-8,12,14,20H,5-6,9-11H2,(H,18,19)/t14-/m1/s1. The molecule has 8 heteroatoms. The summed E-state index contributed by atoms with van der Waals surface area (Å²) in [6, 6.07) is 6.13. The second kappa shape index (κ2) is 6.27. The number of carbonyl (C=O) groups excluding carboxylic acids is 1. The van der Waals surface area contributed by atoms with Gasteiger partial charge in [-0.2, -0.15) is 4.72 Å². The molecule has 0 saturated carbocycles. The molecule has 7 nitrogen and oxygen atoms in total. The summed E-state index contributed by atoms with van der Waals surface area (Å²) in [5.41, 5.74) is 0.699. The molecule has 0 radical (unpaired) electrons. The number of nitrogens with one attached hydrogen (secondary N) is 2. The number of H-pyrrole nitrogens is 1. The second-order valence-electron chi connectivity index (χ2n) is 6.56. The molecule has 2 aliphatic heterocycles. The lowest BCUT2D eigenvalue weighted by Crippen LogP contribution is -2.53. The van der Waals surface area contributed by atoms with Gasteiger partial charge in [0, 0.05) is 31.4 Å². The maximum atomic E-state index is 12.8. The highest BCUT2D eigenvalue weighted by atomic mass is 32.2. The van der Waals surface area contributed by atoms with Gasteiger partial charge < -0.3 is 9.88 Å². The first-order valence-corrected chi connectivity index (χ1v) is 9.91. The summed E-state index contributed by atoms with van der Waals surface area (Å²) in [4.78, 5) is 22.3. The maximum absolute atomic E-state index is 12.8. The van der Waals surface area contributed by atoms with E-state index in [2.05, 4.69) is 14.7 Å². The third-order valence-corrected chi connectivity index (χ3v) is 6.57. The molecule has 0 unspecified atom stereocenters. The van der Waals surface area contributed by atoms with Gasteiger partial charge in [0.15, 0.2) is 0 Å². The van der Waals surface area contributed by atoms with Crippen LogP contribution in [0.4, 0.5) is 0 Å². The Bertz CT molecular complexity index is 871. The van der Waals surface area contributed by atoms with E-state index in [9.17, 15) is 13.2 Å². The number of hydrogen-bond acceptors (Lipinski definition) is 4. The van der Waals surface area contributed by atoms with Crippen LogP contribution in [0.15, 0.2) is 41.6 Å². The van der Waals surface area contributed by atoms with Crippen LogP contribution in [0.3, 0.4) is 0 Å². The highest BCUT2D eigenvalue weighted by molar-refractivity contribution is 7.89. The zero-order valence-corrected chi connectivity index (χ0v) is 14.5. The van der Waals surface area contributed by atoms with Crippen LogP contribution in [0.2, 0.25) is 0 Å². The summed E-state index contributed by atoms with van der Waals surface area (Å²) in [5.74, 6) is 1.14. The summed E-state index contributed by atoms with van der Waals surface area (Å²) in [5, 5.41) is 0. The molecule has 0 spiro atoms. The van der Waals surface area contributed by atoms with Crippen LogP contribution in [-0.2, 0) is 21.2 Å². The van der Waals surface area contributed by atoms with Crippen LogP contribution < -0.4 is 4.72 Å². The van der Waals surface area contributed by atoms with E-state index >= 15 is 0 Å². The van der Waals surface area contributed by atoms with Gasteiger partial charge in [-0.3, -0.25) is 4.79 Å². The molecule has 2 aromatic rings. The molecule has 1 fully saturated rings. The van der Waals surface area contributed by atoms with Gasteiger partial charge in [0.2, 0.25) is 15.9 Å². The van der Waals surface area contributed by atoms with Gasteiger partial charge in [-0.15, -0.1) is 0 Å². The van der Waals surface area contributed by atoms with Crippen molar-refractivity contribution in [2.24, 2.45) is 0 Å². The van der Waals surface area contributed by atoms with E-state index in [1.165, 1.54) is 0 Å². The number of aromatic amines is 1. The molecule has 25 heavy (non-hydrogen) atoms. The summed E-state index contributed by atoms with van der Waals surface area (Å²) in [7, 11) is -3.63. The Morgan fingerprint density at radius 3 is 2.68 bits per heavy atom. The number of hydrogen-bond donors (Lipinski definition) is 2. The molecule has 3 heterocycles. The van der Waals surface area contributed by atoms with Crippen molar-refractivity contribution < 1.29 is 13.2 Å². The first kappa shape index (κ1) is 16.3. The Labute approximate surface area is 146 Å². The second-order valence-corrected chi connectivity index (χ2v) is 8.24. The summed E-state index contributed by atoms with van der Waals surface area (Å²) in [6.07, 6.45) is 5.60. The van der Waals surface area contributed by atoms with E-state index in [1.54, 1.807) is 41.6 Å². The van der Waals surface area contributed by atoms with E-state index in [0.717, 1.165) is 18.7 Å². The van der Waals surface area contributed by atoms with Crippen LogP contribution in [0.5, 0.6) is 0 Å². The first-order valence-electron chi connectivity index (χ1n) is 8.43. The average Bonchev–Trinajstić information content (AvgIpc) is 3.15. The van der Waals surface area contributed by atoms with Crippen LogP contribution in [0.25, 0.3) is 0 Å². The highest BCUT2D eigenvalue weighted by Crippen LogP contribution is 2.27. The molecule has 1 amide bonds. The van der Waals surface area contributed by atoms with E-state index in [-0.39, 0.29) is 10.8 Å². The lowest BCUT2D eigenvalue weighted by Gasteiger charge is -2.35. The third-order valence-electron chi connectivity index (χ3n) is 4.99. The molecular formula is C17H20N4O3S. The molecule has 1 saturated heterocycles. The average molecular weight is 360 g/mol. The number of likely N-dealkylation sites (tertiary alicyclic amines) is 1. The zero-order chi connectivity index (χ0) is 17.4. The fraction of sp³-hybridized carbons (Fsp3) is 0.412. The predicted molar refractivity (Wildman–Crippen MR) is 91.4 cm³/mol. The van der Waals surface area contributed by atoms with Gasteiger partial charge in [-0.05, 0) is 30.9 Å². The van der Waals surface area contributed by atoms with Crippen molar-refractivity contribution in [2.45, 2.75) is 36.1 Å². The summed E-state index contributed by atoms with van der Waals surface area (Å²) >= 11 is 0. The third kappa shape index (κ3) is 3.07. The fourth-order valence-electron chi connectivity index (χ4n) is 3.68. The van der Waals surface area contributed by atoms with Gasteiger partial charge in [0.1, 0.15) is 11.9 Å². The SMILES string of the molecule is O=C([C@H]1Cc2ccccc2S(=O)(=O)N1)N1CCC(c2ncc[nH]2)CC1. The van der Waals surface area contributed by atoms with Gasteiger partial charge in [0.25, 0.3) is 0 Å².